The molecule has 0 fully saturated rings. The molecule has 1 aromatic rings. The van der Waals surface area contributed by atoms with Crippen LogP contribution in [0.2, 0.25) is 0 Å². The maximum Gasteiger partial charge on any atom is 0.0484 e. The predicted octanol–water partition coefficient (Wildman–Crippen LogP) is 3.13. The molecule has 0 amide bonds. The Bertz CT molecular complexity index is 272. The van der Waals surface area contributed by atoms with Crippen molar-refractivity contribution < 1.29 is 4.74 Å². The van der Waals surface area contributed by atoms with Gasteiger partial charge in [0.15, 0.2) is 0 Å². The summed E-state index contributed by atoms with van der Waals surface area (Å²) in [5.74, 6) is 0. The first-order chi connectivity index (χ1) is 7.27. The van der Waals surface area contributed by atoms with Gasteiger partial charge in [0.1, 0.15) is 0 Å². The van der Waals surface area contributed by atoms with E-state index < -0.39 is 0 Å². The summed E-state index contributed by atoms with van der Waals surface area (Å²) < 4.78 is 5.51. The third kappa shape index (κ3) is 4.33. The van der Waals surface area contributed by atoms with Crippen LogP contribution < -0.4 is 5.32 Å². The van der Waals surface area contributed by atoms with Gasteiger partial charge in [-0.1, -0.05) is 6.92 Å². The highest BCUT2D eigenvalue weighted by molar-refractivity contribution is 7.10. The summed E-state index contributed by atoms with van der Waals surface area (Å²) in [6.07, 6.45) is 2.15. The SMILES string of the molecule is CCCOCCC(NC)c1csc(C)c1. The van der Waals surface area contributed by atoms with Crippen LogP contribution in [0.25, 0.3) is 0 Å². The fourth-order valence-corrected chi connectivity index (χ4v) is 2.33. The number of thiophene rings is 1. The molecule has 0 aliphatic carbocycles. The van der Waals surface area contributed by atoms with Gasteiger partial charge in [0.2, 0.25) is 0 Å². The second kappa shape index (κ2) is 6.99. The summed E-state index contributed by atoms with van der Waals surface area (Å²) in [5.41, 5.74) is 1.39. The van der Waals surface area contributed by atoms with Crippen LogP contribution >= 0.6 is 11.3 Å². The smallest absolute Gasteiger partial charge is 0.0484 e. The Morgan fingerprint density at radius 2 is 2.27 bits per heavy atom. The average Bonchev–Trinajstić information content (AvgIpc) is 2.65. The molecule has 0 bridgehead atoms. The Labute approximate surface area is 96.7 Å². The first-order valence-corrected chi connectivity index (χ1v) is 6.46. The molecule has 2 nitrogen and oxygen atoms in total. The van der Waals surface area contributed by atoms with Crippen molar-refractivity contribution in [2.75, 3.05) is 20.3 Å². The molecule has 0 spiro atoms. The quantitative estimate of drug-likeness (QED) is 0.723. The van der Waals surface area contributed by atoms with Gasteiger partial charge in [0.25, 0.3) is 0 Å². The molecule has 1 aromatic heterocycles. The maximum atomic E-state index is 5.51. The lowest BCUT2D eigenvalue weighted by atomic mass is 10.1. The molecule has 86 valence electrons. The van der Waals surface area contributed by atoms with Crippen LogP contribution in [0.3, 0.4) is 0 Å². The number of nitrogens with one attached hydrogen (secondary N) is 1. The molecule has 3 heteroatoms. The first-order valence-electron chi connectivity index (χ1n) is 5.58. The minimum absolute atomic E-state index is 0.437. The molecule has 1 rings (SSSR count). The molecule has 0 radical (unpaired) electrons. The van der Waals surface area contributed by atoms with E-state index in [0.29, 0.717) is 6.04 Å². The fraction of sp³-hybridized carbons (Fsp3) is 0.667. The summed E-state index contributed by atoms with van der Waals surface area (Å²) in [4.78, 5) is 1.37. The monoisotopic (exact) mass is 227 g/mol. The minimum Gasteiger partial charge on any atom is -0.381 e. The van der Waals surface area contributed by atoms with Crippen molar-refractivity contribution in [2.24, 2.45) is 0 Å². The molecule has 0 saturated heterocycles. The van der Waals surface area contributed by atoms with E-state index in [-0.39, 0.29) is 0 Å². The van der Waals surface area contributed by atoms with Crippen LogP contribution in [-0.2, 0) is 4.74 Å². The van der Waals surface area contributed by atoms with Gasteiger partial charge >= 0.3 is 0 Å². The highest BCUT2D eigenvalue weighted by Gasteiger charge is 2.09. The molecule has 0 aliphatic rings. The summed E-state index contributed by atoms with van der Waals surface area (Å²) in [7, 11) is 2.01. The van der Waals surface area contributed by atoms with E-state index in [1.807, 2.05) is 18.4 Å². The topological polar surface area (TPSA) is 21.3 Å². The molecule has 1 N–H and O–H groups in total. The van der Waals surface area contributed by atoms with Gasteiger partial charge in [-0.05, 0) is 43.8 Å². The Balaban J connectivity index is 2.35. The predicted molar refractivity (Wildman–Crippen MR) is 66.6 cm³/mol. The molecule has 0 aliphatic heterocycles. The van der Waals surface area contributed by atoms with Crippen LogP contribution in [0, 0.1) is 6.92 Å². The molecule has 0 aromatic carbocycles. The molecule has 15 heavy (non-hydrogen) atoms. The van der Waals surface area contributed by atoms with E-state index in [4.69, 9.17) is 4.74 Å². The minimum atomic E-state index is 0.437. The van der Waals surface area contributed by atoms with Crippen LogP contribution in [0.4, 0.5) is 0 Å². The lowest BCUT2D eigenvalue weighted by Crippen LogP contribution is -2.17. The van der Waals surface area contributed by atoms with Gasteiger partial charge in [-0.15, -0.1) is 11.3 Å². The number of hydrogen-bond donors (Lipinski definition) is 1. The molecular weight excluding hydrogens is 206 g/mol. The summed E-state index contributed by atoms with van der Waals surface area (Å²) >= 11 is 1.81. The lowest BCUT2D eigenvalue weighted by Gasteiger charge is -2.14. The third-order valence-corrected chi connectivity index (χ3v) is 3.28. The Hall–Kier alpha value is -0.380. The van der Waals surface area contributed by atoms with Crippen molar-refractivity contribution in [2.45, 2.75) is 32.7 Å². The van der Waals surface area contributed by atoms with E-state index in [1.54, 1.807) is 0 Å². The molecule has 1 unspecified atom stereocenters. The van der Waals surface area contributed by atoms with Crippen LogP contribution in [0.1, 0.15) is 36.2 Å². The normalized spacial score (nSPS) is 13.0. The van der Waals surface area contributed by atoms with E-state index in [0.717, 1.165) is 26.1 Å². The summed E-state index contributed by atoms with van der Waals surface area (Å²) in [6.45, 7) is 6.00. The second-order valence-electron chi connectivity index (χ2n) is 3.73. The van der Waals surface area contributed by atoms with Gasteiger partial charge in [0, 0.05) is 24.1 Å². The molecule has 1 heterocycles. The standard InChI is InChI=1S/C12H21NOS/c1-4-6-14-7-5-12(13-3)11-8-10(2)15-9-11/h8-9,12-13H,4-7H2,1-3H3. The van der Waals surface area contributed by atoms with E-state index in [2.05, 4.69) is 30.6 Å². The number of aryl methyl sites for hydroxylation is 1. The van der Waals surface area contributed by atoms with Gasteiger partial charge in [-0.25, -0.2) is 0 Å². The number of ether oxygens (including phenoxy) is 1. The van der Waals surface area contributed by atoms with E-state index in [1.165, 1.54) is 10.4 Å². The van der Waals surface area contributed by atoms with Crippen LogP contribution in [0.15, 0.2) is 11.4 Å². The van der Waals surface area contributed by atoms with Crippen LogP contribution in [-0.4, -0.2) is 20.3 Å². The molecular formula is C12H21NOS. The Kier molecular flexibility index (Phi) is 5.91. The van der Waals surface area contributed by atoms with Crippen molar-refractivity contribution in [3.8, 4) is 0 Å². The average molecular weight is 227 g/mol. The first kappa shape index (κ1) is 12.7. The number of hydrogen-bond acceptors (Lipinski definition) is 3. The number of rotatable bonds is 7. The van der Waals surface area contributed by atoms with Gasteiger partial charge < -0.3 is 10.1 Å². The largest absolute Gasteiger partial charge is 0.381 e. The zero-order chi connectivity index (χ0) is 11.1. The molecule has 1 atom stereocenters. The molecule has 0 saturated carbocycles. The zero-order valence-electron chi connectivity index (χ0n) is 9.88. The highest BCUT2D eigenvalue weighted by Crippen LogP contribution is 2.22. The Morgan fingerprint density at radius 3 is 2.80 bits per heavy atom. The summed E-state index contributed by atoms with van der Waals surface area (Å²) in [6, 6.07) is 2.69. The van der Waals surface area contributed by atoms with Crippen molar-refractivity contribution in [1.29, 1.82) is 0 Å². The van der Waals surface area contributed by atoms with E-state index in [9.17, 15) is 0 Å². The van der Waals surface area contributed by atoms with Crippen LogP contribution in [0.5, 0.6) is 0 Å². The second-order valence-corrected chi connectivity index (χ2v) is 4.85. The van der Waals surface area contributed by atoms with Gasteiger partial charge in [-0.3, -0.25) is 0 Å². The fourth-order valence-electron chi connectivity index (χ4n) is 1.57. The van der Waals surface area contributed by atoms with Crippen molar-refractivity contribution in [1.82, 2.24) is 5.32 Å². The zero-order valence-corrected chi connectivity index (χ0v) is 10.7. The maximum absolute atomic E-state index is 5.51. The summed E-state index contributed by atoms with van der Waals surface area (Å²) in [5, 5.41) is 5.57. The lowest BCUT2D eigenvalue weighted by molar-refractivity contribution is 0.125. The van der Waals surface area contributed by atoms with Crippen molar-refractivity contribution in [3.05, 3.63) is 21.9 Å². The van der Waals surface area contributed by atoms with Crippen molar-refractivity contribution >= 4 is 11.3 Å². The van der Waals surface area contributed by atoms with Gasteiger partial charge in [0.05, 0.1) is 0 Å². The Morgan fingerprint density at radius 1 is 1.47 bits per heavy atom. The highest BCUT2D eigenvalue weighted by atomic mass is 32.1. The van der Waals surface area contributed by atoms with E-state index >= 15 is 0 Å². The third-order valence-electron chi connectivity index (χ3n) is 2.40. The van der Waals surface area contributed by atoms with Crippen molar-refractivity contribution in [3.63, 3.8) is 0 Å². The van der Waals surface area contributed by atoms with Gasteiger partial charge in [-0.2, -0.15) is 0 Å².